The molecular weight excluding hydrogens is 745 g/mol. The number of primary amides is 1. The Hall–Kier alpha value is -5.73. The van der Waals surface area contributed by atoms with Gasteiger partial charge in [0.1, 0.15) is 29.8 Å². The van der Waals surface area contributed by atoms with E-state index in [1.807, 2.05) is 0 Å². The first-order valence-electron chi connectivity index (χ1n) is 17.9. The summed E-state index contributed by atoms with van der Waals surface area (Å²) < 4.78 is 45.6. The molecule has 13 N–H and O–H groups in total. The molecule has 18 nitrogen and oxygen atoms in total. The van der Waals surface area contributed by atoms with Gasteiger partial charge in [-0.3, -0.25) is 33.8 Å². The van der Waals surface area contributed by atoms with Crippen LogP contribution in [-0.2, 0) is 34.9 Å². The Bertz CT molecular complexity index is 1800. The van der Waals surface area contributed by atoms with Crippen molar-refractivity contribution in [3.8, 4) is 0 Å². The van der Waals surface area contributed by atoms with Crippen molar-refractivity contribution < 1.29 is 46.4 Å². The van der Waals surface area contributed by atoms with E-state index in [9.17, 15) is 46.7 Å². The average Bonchev–Trinajstić information content (AvgIpc) is 3.08. The van der Waals surface area contributed by atoms with Crippen LogP contribution in [0, 0.1) is 5.92 Å². The summed E-state index contributed by atoms with van der Waals surface area (Å²) >= 11 is 0. The number of nitrogens with two attached hydrogens (primary N) is 4. The van der Waals surface area contributed by atoms with Gasteiger partial charge in [-0.25, -0.2) is 4.79 Å². The van der Waals surface area contributed by atoms with Gasteiger partial charge in [0.2, 0.25) is 35.4 Å². The van der Waals surface area contributed by atoms with Gasteiger partial charge in [-0.05, 0) is 69.5 Å². The predicted molar refractivity (Wildman–Crippen MR) is 200 cm³/mol. The number of aliphatic imine (C=N–C) groups is 1. The second-order valence-corrected chi connectivity index (χ2v) is 13.5. The summed E-state index contributed by atoms with van der Waals surface area (Å²) in [4.78, 5) is 93.5. The monoisotopic (exact) mass is 796 g/mol. The maximum Gasteiger partial charge on any atom is 0.417 e. The minimum Gasteiger partial charge on any atom is -0.423 e. The number of fused-ring (bicyclic) bond motifs is 1. The molecule has 0 aliphatic carbocycles. The van der Waals surface area contributed by atoms with Crippen LogP contribution in [0.5, 0.6) is 0 Å². The predicted octanol–water partition coefficient (Wildman–Crippen LogP) is 0.204. The number of hydrogen-bond donors (Lipinski definition) is 9. The number of guanidine groups is 1. The van der Waals surface area contributed by atoms with Crippen molar-refractivity contribution in [3.63, 3.8) is 0 Å². The zero-order chi connectivity index (χ0) is 42.2. The third kappa shape index (κ3) is 15.9. The standard InChI is InChI=1S/C35H51F3N10O8/c1-18(2)15-26(48-32(54)25(11-12-28(40)50)47-31(53)23(44-19(3)49)7-4-5-13-39)33(55)46-24(8-6-14-43-34(41)42)30(52)45-20-9-10-21-22(35(36,37)38)17-29(51)56-27(21)16-20/h9-10,16-18,23-26H,4-8,11-15,39H2,1-3H3,(H2,40,50)(H,44,49)(H,45,52)(H,46,55)(H,47,53)(H,48,54)(H4,41,42,43)/t23-,24-,25-,26+/m1/s1. The second-order valence-electron chi connectivity index (χ2n) is 13.5. The highest BCUT2D eigenvalue weighted by Gasteiger charge is 2.35. The largest absolute Gasteiger partial charge is 0.423 e. The lowest BCUT2D eigenvalue weighted by molar-refractivity contribution is -0.136. The van der Waals surface area contributed by atoms with Crippen molar-refractivity contribution in [2.24, 2.45) is 33.8 Å². The van der Waals surface area contributed by atoms with Crippen LogP contribution >= 0.6 is 0 Å². The Labute approximate surface area is 320 Å². The molecule has 2 rings (SSSR count). The summed E-state index contributed by atoms with van der Waals surface area (Å²) in [7, 11) is 0. The van der Waals surface area contributed by atoms with Crippen LogP contribution in [0.4, 0.5) is 18.9 Å². The van der Waals surface area contributed by atoms with Crippen molar-refractivity contribution in [1.82, 2.24) is 21.3 Å². The number of amides is 6. The van der Waals surface area contributed by atoms with Gasteiger partial charge in [0.25, 0.3) is 0 Å². The van der Waals surface area contributed by atoms with E-state index in [0.717, 1.165) is 18.2 Å². The normalized spacial score (nSPS) is 13.5. The Morgan fingerprint density at radius 1 is 0.786 bits per heavy atom. The fourth-order valence-electron chi connectivity index (χ4n) is 5.56. The molecule has 0 saturated heterocycles. The highest BCUT2D eigenvalue weighted by Crippen LogP contribution is 2.34. The van der Waals surface area contributed by atoms with Crippen LogP contribution in [0.1, 0.15) is 77.7 Å². The molecule has 0 aliphatic heterocycles. The van der Waals surface area contributed by atoms with Crippen LogP contribution in [-0.4, -0.2) is 78.7 Å². The molecule has 0 bridgehead atoms. The molecule has 0 aliphatic rings. The van der Waals surface area contributed by atoms with Crippen molar-refractivity contribution in [1.29, 1.82) is 0 Å². The SMILES string of the molecule is CC(=O)N[C@H](CCCCN)C(=O)N[C@H](CCC(N)=O)C(=O)N[C@@H](CC(C)C)C(=O)N[C@H](CCCN=C(N)N)C(=O)Nc1ccc2c(C(F)(F)F)cc(=O)oc2c1. The average molecular weight is 797 g/mol. The quantitative estimate of drug-likeness (QED) is 0.0336. The number of rotatable bonds is 22. The zero-order valence-corrected chi connectivity index (χ0v) is 31.4. The molecule has 0 unspecified atom stereocenters. The van der Waals surface area contributed by atoms with Crippen molar-refractivity contribution in [2.75, 3.05) is 18.4 Å². The van der Waals surface area contributed by atoms with E-state index in [-0.39, 0.29) is 62.6 Å². The molecule has 6 amide bonds. The van der Waals surface area contributed by atoms with E-state index in [2.05, 4.69) is 31.6 Å². The second kappa shape index (κ2) is 22.0. The van der Waals surface area contributed by atoms with Crippen molar-refractivity contribution in [3.05, 3.63) is 40.2 Å². The fraction of sp³-hybridized carbons (Fsp3) is 0.543. The highest BCUT2D eigenvalue weighted by atomic mass is 19.4. The van der Waals surface area contributed by atoms with E-state index in [0.29, 0.717) is 25.5 Å². The van der Waals surface area contributed by atoms with Gasteiger partial charge < -0.3 is 53.9 Å². The van der Waals surface area contributed by atoms with Crippen LogP contribution in [0.2, 0.25) is 0 Å². The minimum absolute atomic E-state index is 0.0508. The number of hydrogen-bond acceptors (Lipinski definition) is 10. The first-order chi connectivity index (χ1) is 26.2. The zero-order valence-electron chi connectivity index (χ0n) is 31.4. The van der Waals surface area contributed by atoms with Crippen molar-refractivity contribution >= 4 is 58.1 Å². The molecule has 1 aromatic heterocycles. The molecule has 21 heteroatoms. The summed E-state index contributed by atoms with van der Waals surface area (Å²) in [6, 6.07) is -1.47. The summed E-state index contributed by atoms with van der Waals surface area (Å²) in [6.07, 6.45) is -3.99. The van der Waals surface area contributed by atoms with Gasteiger partial charge in [0.05, 0.1) is 5.56 Å². The van der Waals surface area contributed by atoms with Gasteiger partial charge in [0, 0.05) is 43.1 Å². The Kier molecular flexibility index (Phi) is 18.2. The fourth-order valence-corrected chi connectivity index (χ4v) is 5.56. The summed E-state index contributed by atoms with van der Waals surface area (Å²) in [5.74, 6) is -4.88. The Balaban J connectivity index is 2.38. The number of halogens is 3. The summed E-state index contributed by atoms with van der Waals surface area (Å²) in [6.45, 7) is 5.16. The molecule has 0 spiro atoms. The first kappa shape index (κ1) is 46.4. The lowest BCUT2D eigenvalue weighted by Gasteiger charge is -2.27. The minimum atomic E-state index is -4.86. The van der Waals surface area contributed by atoms with Crippen LogP contribution in [0.15, 0.2) is 38.5 Å². The van der Waals surface area contributed by atoms with Gasteiger partial charge in [-0.2, -0.15) is 13.2 Å². The molecule has 1 heterocycles. The van der Waals surface area contributed by atoms with Crippen LogP contribution in [0.25, 0.3) is 11.0 Å². The molecular formula is C35H51F3N10O8. The number of carbonyl (C=O) groups excluding carboxylic acids is 6. The molecule has 0 fully saturated rings. The highest BCUT2D eigenvalue weighted by molar-refractivity contribution is 6.00. The lowest BCUT2D eigenvalue weighted by Crippen LogP contribution is -2.58. The van der Waals surface area contributed by atoms with Crippen LogP contribution < -0.4 is 55.1 Å². The number of anilines is 1. The smallest absolute Gasteiger partial charge is 0.417 e. The Morgan fingerprint density at radius 3 is 1.91 bits per heavy atom. The molecule has 0 radical (unpaired) electrons. The first-order valence-corrected chi connectivity index (χ1v) is 17.9. The summed E-state index contributed by atoms with van der Waals surface area (Å²) in [5.41, 5.74) is 18.7. The van der Waals surface area contributed by atoms with Crippen molar-refractivity contribution in [2.45, 2.75) is 102 Å². The van der Waals surface area contributed by atoms with E-state index in [1.54, 1.807) is 13.8 Å². The van der Waals surface area contributed by atoms with E-state index >= 15 is 0 Å². The third-order valence-corrected chi connectivity index (χ3v) is 8.19. The van der Waals surface area contributed by atoms with E-state index in [1.165, 1.54) is 6.92 Å². The number of alkyl halides is 3. The van der Waals surface area contributed by atoms with E-state index in [4.69, 9.17) is 27.4 Å². The number of nitrogens with zero attached hydrogens (tertiary/aromatic N) is 1. The lowest BCUT2D eigenvalue weighted by atomic mass is 10.0. The molecule has 56 heavy (non-hydrogen) atoms. The number of unbranched alkanes of at least 4 members (excludes halogenated alkanes) is 1. The number of nitrogens with one attached hydrogen (secondary N) is 5. The maximum atomic E-state index is 13.8. The third-order valence-electron chi connectivity index (χ3n) is 8.19. The molecule has 0 saturated carbocycles. The van der Waals surface area contributed by atoms with Gasteiger partial charge in [-0.15, -0.1) is 0 Å². The van der Waals surface area contributed by atoms with Gasteiger partial charge in [-0.1, -0.05) is 13.8 Å². The van der Waals surface area contributed by atoms with E-state index < -0.39 is 87.9 Å². The maximum absolute atomic E-state index is 13.8. The number of carbonyl (C=O) groups is 6. The van der Waals surface area contributed by atoms with Crippen LogP contribution in [0.3, 0.4) is 0 Å². The van der Waals surface area contributed by atoms with Gasteiger partial charge >= 0.3 is 11.8 Å². The molecule has 4 atom stereocenters. The summed E-state index contributed by atoms with van der Waals surface area (Å²) in [5, 5.41) is 12.3. The Morgan fingerprint density at radius 2 is 1.36 bits per heavy atom. The molecule has 310 valence electrons. The molecule has 2 aromatic rings. The topological polar surface area (TPSA) is 309 Å². The van der Waals surface area contributed by atoms with Gasteiger partial charge in [0.15, 0.2) is 5.96 Å². The number of benzene rings is 1. The molecule has 1 aromatic carbocycles.